The number of halogens is 1. The molecule has 0 aliphatic carbocycles. The van der Waals surface area contributed by atoms with Crippen molar-refractivity contribution in [3.05, 3.63) is 27.7 Å². The third-order valence-electron chi connectivity index (χ3n) is 2.18. The highest BCUT2D eigenvalue weighted by molar-refractivity contribution is 9.10. The fraction of sp³-hybridized carbons (Fsp3) is 0.400. The van der Waals surface area contributed by atoms with Crippen LogP contribution in [-0.2, 0) is 13.0 Å². The van der Waals surface area contributed by atoms with Crippen LogP contribution in [0.15, 0.2) is 21.5 Å². The molecule has 1 aliphatic rings. The van der Waals surface area contributed by atoms with Crippen LogP contribution in [0.1, 0.15) is 11.1 Å². The van der Waals surface area contributed by atoms with Gasteiger partial charge in [0.25, 0.3) is 0 Å². The Labute approximate surface area is 91.4 Å². The lowest BCUT2D eigenvalue weighted by atomic mass is 10.1. The van der Waals surface area contributed by atoms with E-state index in [1.807, 2.05) is 18.8 Å². The van der Waals surface area contributed by atoms with Gasteiger partial charge in [0.1, 0.15) is 0 Å². The summed E-state index contributed by atoms with van der Waals surface area (Å²) in [6.07, 6.45) is 1.22. The van der Waals surface area contributed by atoms with Crippen molar-refractivity contribution in [2.45, 2.75) is 17.9 Å². The number of hydrogen-bond acceptors (Lipinski definition) is 2. The molecule has 3 heteroatoms. The van der Waals surface area contributed by atoms with Gasteiger partial charge in [-0.05, 0) is 46.6 Å². The molecule has 0 amide bonds. The maximum atomic E-state index is 3.62. The van der Waals surface area contributed by atoms with Gasteiger partial charge in [-0.3, -0.25) is 0 Å². The molecule has 2 rings (SSSR count). The Bertz CT molecular complexity index is 325. The van der Waals surface area contributed by atoms with Gasteiger partial charge >= 0.3 is 0 Å². The van der Waals surface area contributed by atoms with Gasteiger partial charge in [0.15, 0.2) is 0 Å². The van der Waals surface area contributed by atoms with E-state index in [1.54, 1.807) is 0 Å². The average Bonchev–Trinajstić information content (AvgIpc) is 2.53. The fourth-order valence-corrected chi connectivity index (χ4v) is 3.59. The van der Waals surface area contributed by atoms with Crippen LogP contribution in [0.3, 0.4) is 0 Å². The first-order chi connectivity index (χ1) is 6.31. The quantitative estimate of drug-likeness (QED) is 0.875. The van der Waals surface area contributed by atoms with Crippen molar-refractivity contribution < 1.29 is 0 Å². The average molecular weight is 258 g/mol. The number of thioether (sulfide) groups is 1. The highest BCUT2D eigenvalue weighted by Crippen LogP contribution is 2.38. The summed E-state index contributed by atoms with van der Waals surface area (Å²) in [6.45, 7) is 0.955. The summed E-state index contributed by atoms with van der Waals surface area (Å²) < 4.78 is 1.26. The maximum absolute atomic E-state index is 3.62. The summed E-state index contributed by atoms with van der Waals surface area (Å²) in [5.74, 6) is 1.23. The zero-order valence-electron chi connectivity index (χ0n) is 7.56. The molecule has 0 atom stereocenters. The first kappa shape index (κ1) is 9.56. The Morgan fingerprint density at radius 1 is 1.54 bits per heavy atom. The van der Waals surface area contributed by atoms with Gasteiger partial charge in [-0.15, -0.1) is 11.8 Å². The molecule has 0 spiro atoms. The van der Waals surface area contributed by atoms with E-state index in [1.165, 1.54) is 32.7 Å². The summed E-state index contributed by atoms with van der Waals surface area (Å²) in [7, 11) is 1.98. The van der Waals surface area contributed by atoms with Crippen molar-refractivity contribution in [2.75, 3.05) is 12.8 Å². The molecule has 0 fully saturated rings. The van der Waals surface area contributed by atoms with Gasteiger partial charge < -0.3 is 5.32 Å². The maximum Gasteiger partial charge on any atom is 0.0317 e. The molecule has 1 aliphatic heterocycles. The van der Waals surface area contributed by atoms with Crippen molar-refractivity contribution >= 4 is 27.7 Å². The first-order valence-corrected chi connectivity index (χ1v) is 6.18. The predicted molar refractivity (Wildman–Crippen MR) is 61.3 cm³/mol. The molecule has 0 unspecified atom stereocenters. The lowest BCUT2D eigenvalue weighted by Crippen LogP contribution is -2.05. The molecule has 0 saturated carbocycles. The van der Waals surface area contributed by atoms with E-state index in [0.29, 0.717) is 0 Å². The second kappa shape index (κ2) is 4.03. The van der Waals surface area contributed by atoms with E-state index in [0.717, 1.165) is 6.54 Å². The molecule has 70 valence electrons. The Morgan fingerprint density at radius 2 is 2.38 bits per heavy atom. The van der Waals surface area contributed by atoms with E-state index in [9.17, 15) is 0 Å². The Hall–Kier alpha value is 0.01000. The van der Waals surface area contributed by atoms with Gasteiger partial charge in [-0.1, -0.05) is 6.07 Å². The molecule has 0 saturated heterocycles. The smallest absolute Gasteiger partial charge is 0.0317 e. The van der Waals surface area contributed by atoms with Crippen molar-refractivity contribution in [1.29, 1.82) is 0 Å². The fourth-order valence-electron chi connectivity index (χ4n) is 1.63. The zero-order valence-corrected chi connectivity index (χ0v) is 9.96. The summed E-state index contributed by atoms with van der Waals surface area (Å²) >= 11 is 5.57. The molecular formula is C10H12BrNS. The van der Waals surface area contributed by atoms with Crippen LogP contribution in [0.4, 0.5) is 0 Å². The molecule has 13 heavy (non-hydrogen) atoms. The second-order valence-electron chi connectivity index (χ2n) is 3.19. The number of hydrogen-bond donors (Lipinski definition) is 1. The normalized spacial score (nSPS) is 14.6. The number of benzene rings is 1. The van der Waals surface area contributed by atoms with E-state index < -0.39 is 0 Å². The van der Waals surface area contributed by atoms with Crippen molar-refractivity contribution in [3.63, 3.8) is 0 Å². The van der Waals surface area contributed by atoms with E-state index in [4.69, 9.17) is 0 Å². The number of fused-ring (bicyclic) bond motifs is 1. The summed E-state index contributed by atoms with van der Waals surface area (Å²) in [5, 5.41) is 3.17. The molecule has 0 bridgehead atoms. The largest absolute Gasteiger partial charge is 0.316 e. The molecule has 1 heterocycles. The monoisotopic (exact) mass is 257 g/mol. The van der Waals surface area contributed by atoms with Crippen molar-refractivity contribution in [3.8, 4) is 0 Å². The van der Waals surface area contributed by atoms with Crippen LogP contribution < -0.4 is 5.32 Å². The number of aryl methyl sites for hydroxylation is 1. The Kier molecular flexibility index (Phi) is 2.96. The molecule has 1 nitrogen and oxygen atoms in total. The summed E-state index contributed by atoms with van der Waals surface area (Å²) in [4.78, 5) is 1.44. The lowest BCUT2D eigenvalue weighted by Gasteiger charge is -2.06. The minimum Gasteiger partial charge on any atom is -0.316 e. The van der Waals surface area contributed by atoms with Crippen LogP contribution in [-0.4, -0.2) is 12.8 Å². The number of nitrogens with one attached hydrogen (secondary N) is 1. The van der Waals surface area contributed by atoms with Gasteiger partial charge in [-0.25, -0.2) is 0 Å². The molecule has 0 radical (unpaired) electrons. The van der Waals surface area contributed by atoms with Crippen LogP contribution in [0.5, 0.6) is 0 Å². The minimum absolute atomic E-state index is 0.955. The van der Waals surface area contributed by atoms with Gasteiger partial charge in [0.2, 0.25) is 0 Å². The van der Waals surface area contributed by atoms with Crippen molar-refractivity contribution in [1.82, 2.24) is 5.32 Å². The first-order valence-electron chi connectivity index (χ1n) is 4.40. The standard InChI is InChI=1S/C10H12BrNS/c1-12-6-7-4-8-2-3-13-10(8)9(11)5-7/h4-5,12H,2-3,6H2,1H3. The molecule has 1 aromatic rings. The molecule has 0 aromatic heterocycles. The lowest BCUT2D eigenvalue weighted by molar-refractivity contribution is 0.814. The Morgan fingerprint density at radius 3 is 3.15 bits per heavy atom. The number of rotatable bonds is 2. The molecule has 1 N–H and O–H groups in total. The van der Waals surface area contributed by atoms with Crippen molar-refractivity contribution in [2.24, 2.45) is 0 Å². The van der Waals surface area contributed by atoms with Gasteiger partial charge in [0, 0.05) is 21.7 Å². The minimum atomic E-state index is 0.955. The molecule has 1 aromatic carbocycles. The highest BCUT2D eigenvalue weighted by atomic mass is 79.9. The summed E-state index contributed by atoms with van der Waals surface area (Å²) in [5.41, 5.74) is 2.88. The SMILES string of the molecule is CNCc1cc(Br)c2c(c1)CCS2. The topological polar surface area (TPSA) is 12.0 Å². The van der Waals surface area contributed by atoms with Crippen LogP contribution in [0.25, 0.3) is 0 Å². The van der Waals surface area contributed by atoms with E-state index >= 15 is 0 Å². The van der Waals surface area contributed by atoms with Crippen LogP contribution in [0, 0.1) is 0 Å². The van der Waals surface area contributed by atoms with Gasteiger partial charge in [-0.2, -0.15) is 0 Å². The van der Waals surface area contributed by atoms with Gasteiger partial charge in [0.05, 0.1) is 0 Å². The van der Waals surface area contributed by atoms with Crippen LogP contribution in [0.2, 0.25) is 0 Å². The zero-order chi connectivity index (χ0) is 9.26. The highest BCUT2D eigenvalue weighted by Gasteiger charge is 2.15. The third-order valence-corrected chi connectivity index (χ3v) is 4.25. The Balaban J connectivity index is 2.37. The summed E-state index contributed by atoms with van der Waals surface area (Å²) in [6, 6.07) is 4.53. The van der Waals surface area contributed by atoms with Crippen LogP contribution >= 0.6 is 27.7 Å². The van der Waals surface area contributed by atoms with E-state index in [-0.39, 0.29) is 0 Å². The molecular weight excluding hydrogens is 246 g/mol. The third kappa shape index (κ3) is 1.92. The second-order valence-corrected chi connectivity index (χ2v) is 5.15. The predicted octanol–water partition coefficient (Wildman–Crippen LogP) is 2.82. The van der Waals surface area contributed by atoms with E-state index in [2.05, 4.69) is 33.4 Å².